The zero-order chi connectivity index (χ0) is 12.4. The number of nitrogens with zero attached hydrogens (tertiary/aromatic N) is 1. The van der Waals surface area contributed by atoms with Crippen molar-refractivity contribution in [3.8, 4) is 0 Å². The number of nitrogens with one attached hydrogen (secondary N) is 2. The van der Waals surface area contributed by atoms with Gasteiger partial charge in [0, 0.05) is 4.88 Å². The minimum absolute atomic E-state index is 0.142. The van der Waals surface area contributed by atoms with Crippen LogP contribution in [0.2, 0.25) is 0 Å². The number of carbonyl (C=O) groups is 3. The largest absolute Gasteiger partial charge is 0.343 e. The summed E-state index contributed by atoms with van der Waals surface area (Å²) in [5.74, 6) is -0.796. The highest BCUT2D eigenvalue weighted by atomic mass is 32.1. The van der Waals surface area contributed by atoms with Crippen LogP contribution in [0, 0.1) is 0 Å². The van der Waals surface area contributed by atoms with E-state index < -0.39 is 11.9 Å². The molecule has 1 fully saturated rings. The molecule has 0 atom stereocenters. The lowest BCUT2D eigenvalue weighted by Gasteiger charge is -2.13. The molecule has 2 heterocycles. The van der Waals surface area contributed by atoms with Gasteiger partial charge in [0.15, 0.2) is 0 Å². The van der Waals surface area contributed by atoms with Gasteiger partial charge in [-0.2, -0.15) is 0 Å². The summed E-state index contributed by atoms with van der Waals surface area (Å²) in [7, 11) is 0. The van der Waals surface area contributed by atoms with Crippen molar-refractivity contribution in [3.63, 3.8) is 0 Å². The summed E-state index contributed by atoms with van der Waals surface area (Å²) in [5, 5.41) is 3.05. The minimum Gasteiger partial charge on any atom is -0.275 e. The predicted octanol–water partition coefficient (Wildman–Crippen LogP) is 0.507. The molecular formula is C10H11N3O3S. The molecule has 1 aromatic heterocycles. The number of hydrogen-bond acceptors (Lipinski definition) is 4. The van der Waals surface area contributed by atoms with Crippen LogP contribution in [0.4, 0.5) is 4.79 Å². The number of carbonyl (C=O) groups excluding carboxylic acids is 3. The lowest BCUT2D eigenvalue weighted by Crippen LogP contribution is -2.43. The Morgan fingerprint density at radius 2 is 2.29 bits per heavy atom. The molecule has 6 nitrogen and oxygen atoms in total. The van der Waals surface area contributed by atoms with Gasteiger partial charge in [-0.25, -0.2) is 9.80 Å². The van der Waals surface area contributed by atoms with E-state index in [0.29, 0.717) is 4.88 Å². The van der Waals surface area contributed by atoms with Crippen LogP contribution in [-0.4, -0.2) is 29.4 Å². The number of urea groups is 1. The van der Waals surface area contributed by atoms with E-state index in [0.717, 1.165) is 16.3 Å². The highest BCUT2D eigenvalue weighted by Gasteiger charge is 2.28. The Bertz CT molecular complexity index is 483. The summed E-state index contributed by atoms with van der Waals surface area (Å²) in [5.41, 5.74) is 2.38. The Hall–Kier alpha value is -1.89. The fourth-order valence-electron chi connectivity index (χ4n) is 1.40. The van der Waals surface area contributed by atoms with E-state index in [1.165, 1.54) is 11.3 Å². The number of imide groups is 1. The fourth-order valence-corrected chi connectivity index (χ4v) is 2.24. The summed E-state index contributed by atoms with van der Waals surface area (Å²) >= 11 is 1.37. The maximum absolute atomic E-state index is 11.7. The van der Waals surface area contributed by atoms with Gasteiger partial charge in [-0.15, -0.1) is 11.3 Å². The molecule has 0 bridgehead atoms. The topological polar surface area (TPSA) is 78.5 Å². The van der Waals surface area contributed by atoms with E-state index in [-0.39, 0.29) is 12.5 Å². The van der Waals surface area contributed by atoms with Crippen molar-refractivity contribution in [2.45, 2.75) is 13.3 Å². The molecular weight excluding hydrogens is 242 g/mol. The van der Waals surface area contributed by atoms with Crippen molar-refractivity contribution in [1.82, 2.24) is 15.8 Å². The second-order valence-corrected chi connectivity index (χ2v) is 4.67. The van der Waals surface area contributed by atoms with Crippen LogP contribution in [0.3, 0.4) is 0 Å². The number of rotatable bonds is 3. The van der Waals surface area contributed by atoms with Crippen molar-refractivity contribution in [3.05, 3.63) is 21.9 Å². The van der Waals surface area contributed by atoms with Gasteiger partial charge in [0.1, 0.15) is 6.54 Å². The molecule has 2 N–H and O–H groups in total. The van der Waals surface area contributed by atoms with E-state index >= 15 is 0 Å². The Morgan fingerprint density at radius 3 is 2.82 bits per heavy atom. The van der Waals surface area contributed by atoms with Crippen LogP contribution < -0.4 is 10.7 Å². The number of amides is 4. The first-order valence-corrected chi connectivity index (χ1v) is 5.93. The maximum Gasteiger partial charge on any atom is 0.343 e. The van der Waals surface area contributed by atoms with Crippen LogP contribution in [-0.2, 0) is 11.2 Å². The highest BCUT2D eigenvalue weighted by molar-refractivity contribution is 7.14. The summed E-state index contributed by atoms with van der Waals surface area (Å²) in [6.45, 7) is 1.86. The normalized spacial score (nSPS) is 15.0. The third kappa shape index (κ3) is 2.44. The number of aryl methyl sites for hydroxylation is 1. The number of hydrogen-bond donors (Lipinski definition) is 2. The SMILES string of the molecule is CCc1ccc(C(=O)NN2CC(=O)NC2=O)s1. The highest BCUT2D eigenvalue weighted by Crippen LogP contribution is 2.16. The van der Waals surface area contributed by atoms with Gasteiger partial charge in [0.2, 0.25) is 5.91 Å². The zero-order valence-electron chi connectivity index (χ0n) is 9.15. The molecule has 0 aromatic carbocycles. The molecule has 0 aliphatic carbocycles. The Labute approximate surface area is 102 Å². The van der Waals surface area contributed by atoms with E-state index in [4.69, 9.17) is 0 Å². The van der Waals surface area contributed by atoms with E-state index in [9.17, 15) is 14.4 Å². The Kier molecular flexibility index (Phi) is 3.10. The first-order chi connectivity index (χ1) is 8.10. The van der Waals surface area contributed by atoms with Crippen molar-refractivity contribution >= 4 is 29.2 Å². The molecule has 1 saturated heterocycles. The lowest BCUT2D eigenvalue weighted by atomic mass is 10.3. The summed E-state index contributed by atoms with van der Waals surface area (Å²) in [6, 6.07) is 2.97. The van der Waals surface area contributed by atoms with Gasteiger partial charge in [-0.05, 0) is 18.6 Å². The van der Waals surface area contributed by atoms with Crippen molar-refractivity contribution in [1.29, 1.82) is 0 Å². The molecule has 1 aliphatic heterocycles. The first kappa shape index (κ1) is 11.6. The fraction of sp³-hybridized carbons (Fsp3) is 0.300. The van der Waals surface area contributed by atoms with Gasteiger partial charge in [0.25, 0.3) is 5.91 Å². The predicted molar refractivity (Wildman–Crippen MR) is 61.4 cm³/mol. The molecule has 2 rings (SSSR count). The second-order valence-electron chi connectivity index (χ2n) is 3.50. The Balaban J connectivity index is 2.02. The monoisotopic (exact) mass is 253 g/mol. The molecule has 1 aliphatic rings. The summed E-state index contributed by atoms with van der Waals surface area (Å²) in [6.07, 6.45) is 0.862. The molecule has 0 saturated carbocycles. The van der Waals surface area contributed by atoms with Crippen LogP contribution in [0.15, 0.2) is 12.1 Å². The van der Waals surface area contributed by atoms with E-state index in [1.807, 2.05) is 13.0 Å². The molecule has 7 heteroatoms. The molecule has 1 aromatic rings. The minimum atomic E-state index is -0.601. The average Bonchev–Trinajstić information content (AvgIpc) is 2.86. The maximum atomic E-state index is 11.7. The van der Waals surface area contributed by atoms with Crippen LogP contribution in [0.25, 0.3) is 0 Å². The van der Waals surface area contributed by atoms with Crippen LogP contribution in [0.5, 0.6) is 0 Å². The van der Waals surface area contributed by atoms with Crippen molar-refractivity contribution < 1.29 is 14.4 Å². The molecule has 0 spiro atoms. The van der Waals surface area contributed by atoms with Gasteiger partial charge in [0.05, 0.1) is 4.88 Å². The Morgan fingerprint density at radius 1 is 1.53 bits per heavy atom. The van der Waals surface area contributed by atoms with Gasteiger partial charge in [-0.1, -0.05) is 6.92 Å². The lowest BCUT2D eigenvalue weighted by molar-refractivity contribution is -0.118. The summed E-state index contributed by atoms with van der Waals surface area (Å²) < 4.78 is 0. The molecule has 0 radical (unpaired) electrons. The number of hydrazine groups is 1. The number of thiophene rings is 1. The van der Waals surface area contributed by atoms with E-state index in [2.05, 4.69) is 10.7 Å². The second kappa shape index (κ2) is 4.54. The van der Waals surface area contributed by atoms with Crippen molar-refractivity contribution in [2.75, 3.05) is 6.54 Å². The average molecular weight is 253 g/mol. The van der Waals surface area contributed by atoms with Crippen molar-refractivity contribution in [2.24, 2.45) is 0 Å². The van der Waals surface area contributed by atoms with Crippen LogP contribution >= 0.6 is 11.3 Å². The van der Waals surface area contributed by atoms with Gasteiger partial charge < -0.3 is 0 Å². The summed E-state index contributed by atoms with van der Waals surface area (Å²) in [4.78, 5) is 35.5. The van der Waals surface area contributed by atoms with Crippen LogP contribution in [0.1, 0.15) is 21.5 Å². The molecule has 90 valence electrons. The van der Waals surface area contributed by atoms with Gasteiger partial charge in [-0.3, -0.25) is 20.3 Å². The van der Waals surface area contributed by atoms with E-state index in [1.54, 1.807) is 6.07 Å². The smallest absolute Gasteiger partial charge is 0.275 e. The molecule has 17 heavy (non-hydrogen) atoms. The molecule has 0 unspecified atom stereocenters. The quantitative estimate of drug-likeness (QED) is 0.770. The molecule has 4 amide bonds. The third-order valence-electron chi connectivity index (χ3n) is 2.26. The standard InChI is InChI=1S/C10H11N3O3S/c1-2-6-3-4-7(17-6)9(15)12-13-5-8(14)11-10(13)16/h3-4H,2,5H2,1H3,(H,12,15)(H,11,14,16). The van der Waals surface area contributed by atoms with Gasteiger partial charge >= 0.3 is 6.03 Å². The first-order valence-electron chi connectivity index (χ1n) is 5.11. The zero-order valence-corrected chi connectivity index (χ0v) is 9.97. The third-order valence-corrected chi connectivity index (χ3v) is 3.49.